The fourth-order valence-electron chi connectivity index (χ4n) is 4.70. The van der Waals surface area contributed by atoms with Crippen molar-refractivity contribution >= 4 is 87.4 Å². The monoisotopic (exact) mass is 820 g/mol. The fourth-order valence-corrected chi connectivity index (χ4v) is 6.77. The minimum Gasteiger partial charge on any atom is -0.744 e. The maximum absolute atomic E-state index is 12.9. The Labute approximate surface area is 373 Å². The number of non-ortho nitro benzene ring substituents is 1. The molecule has 0 fully saturated rings. The first-order valence-electron chi connectivity index (χ1n) is 13.8. The van der Waals surface area contributed by atoms with Crippen LogP contribution in [0.25, 0.3) is 22.9 Å². The van der Waals surface area contributed by atoms with E-state index in [0.717, 1.165) is 36.4 Å². The molecule has 0 atom stereocenters. The molecule has 0 saturated carbocycles. The van der Waals surface area contributed by atoms with E-state index in [1.807, 2.05) is 0 Å². The zero-order valence-electron chi connectivity index (χ0n) is 28.3. The van der Waals surface area contributed by atoms with Crippen molar-refractivity contribution < 1.29 is 137 Å². The third kappa shape index (κ3) is 11.3. The van der Waals surface area contributed by atoms with Gasteiger partial charge in [-0.05, 0) is 53.6 Å². The number of hydrogen-bond donors (Lipinski definition) is 1. The van der Waals surface area contributed by atoms with Crippen LogP contribution in [0, 0.1) is 15.3 Å². The van der Waals surface area contributed by atoms with Gasteiger partial charge in [-0.3, -0.25) is 10.1 Å². The first-order chi connectivity index (χ1) is 23.8. The molecule has 5 aromatic carbocycles. The summed E-state index contributed by atoms with van der Waals surface area (Å²) in [5.74, 6) is 0. The molecule has 5 rings (SSSR count). The normalized spacial score (nSPS) is 12.2. The Balaban J connectivity index is 0.00000336. The van der Waals surface area contributed by atoms with Gasteiger partial charge < -0.3 is 24.6 Å². The van der Waals surface area contributed by atoms with Crippen LogP contribution in [0.5, 0.6) is 0 Å². The van der Waals surface area contributed by atoms with Crippen LogP contribution < -0.4 is 94.4 Å². The minimum atomic E-state index is -5.25. The van der Waals surface area contributed by atoms with Crippen molar-refractivity contribution in [2.24, 2.45) is 15.3 Å². The van der Waals surface area contributed by atoms with E-state index in [-0.39, 0.29) is 133 Å². The second-order valence-electron chi connectivity index (χ2n) is 10.3. The van der Waals surface area contributed by atoms with Gasteiger partial charge in [0.25, 0.3) is 5.69 Å². The molecule has 5 aromatic rings. The molecule has 54 heavy (non-hydrogen) atoms. The van der Waals surface area contributed by atoms with Crippen molar-refractivity contribution in [3.8, 4) is 0 Å². The minimum absolute atomic E-state index is 0. The maximum Gasteiger partial charge on any atom is 1.00 e. The van der Waals surface area contributed by atoms with Gasteiger partial charge in [0.05, 0.1) is 31.0 Å². The maximum atomic E-state index is 12.9. The fraction of sp³-hybridized carbons (Fsp3) is 0. The SMILES string of the molecule is Nc1cc(N=[N+]([O-])c2ccc(C=Cc3ccc([N+](=O)[O-])cc3S(=O)(=O)[O-])c(S(=O)(=O)[O-])c2)ccc1N=Nc1cccc2c(S(=O)(=O)[O-])cccc12.[Na+].[Na+].[Na+]. The summed E-state index contributed by atoms with van der Waals surface area (Å²) in [6, 6.07) is 17.7. The number of hydrogen-bond acceptors (Lipinski definition) is 16. The van der Waals surface area contributed by atoms with E-state index in [4.69, 9.17) is 5.73 Å². The molecule has 24 heteroatoms. The Morgan fingerprint density at radius 1 is 0.574 bits per heavy atom. The summed E-state index contributed by atoms with van der Waals surface area (Å²) < 4.78 is 106. The number of rotatable bonds is 10. The summed E-state index contributed by atoms with van der Waals surface area (Å²) >= 11 is 0. The van der Waals surface area contributed by atoms with Crippen LogP contribution in [0.4, 0.5) is 34.1 Å². The third-order valence-corrected chi connectivity index (χ3v) is 9.70. The average Bonchev–Trinajstić information content (AvgIpc) is 3.05. The number of fused-ring (bicyclic) bond motifs is 1. The summed E-state index contributed by atoms with van der Waals surface area (Å²) in [6.07, 6.45) is 1.92. The van der Waals surface area contributed by atoms with Crippen molar-refractivity contribution in [2.45, 2.75) is 14.7 Å². The standard InChI is InChI=1S/C30H22N6O12S3.3Na/c31-25-15-20(11-14-27(25)33-32-26-5-1-4-24-23(26)3-2-6-28(24)49(40,41)42)34-35(37)21-12-9-18(29(16-21)50(43,44)45)7-8-19-10-13-22(36(38)39)17-30(19)51(46,47)48;;;/h1-17H,31H2,(H,40,41,42)(H,43,44,45)(H,46,47,48);;;/q;3*+1/p-3. The van der Waals surface area contributed by atoms with Crippen LogP contribution in [0.1, 0.15) is 11.1 Å². The Bertz CT molecular complexity index is 2700. The quantitative estimate of drug-likeness (QED) is 0.0210. The van der Waals surface area contributed by atoms with E-state index in [9.17, 15) is 54.2 Å². The molecule has 0 aromatic heterocycles. The third-order valence-electron chi connectivity index (χ3n) is 7.02. The summed E-state index contributed by atoms with van der Waals surface area (Å²) in [5.41, 5.74) is 4.61. The van der Waals surface area contributed by atoms with Crippen LogP contribution in [0.3, 0.4) is 0 Å². The molecular formula is C30H19N6Na3O12S3. The Morgan fingerprint density at radius 2 is 1.07 bits per heavy atom. The second kappa shape index (κ2) is 18.8. The van der Waals surface area contributed by atoms with Gasteiger partial charge in [0.1, 0.15) is 41.7 Å². The van der Waals surface area contributed by atoms with E-state index >= 15 is 0 Å². The Kier molecular flexibility index (Phi) is 16.4. The molecule has 2 N–H and O–H groups in total. The van der Waals surface area contributed by atoms with Gasteiger partial charge in [-0.2, -0.15) is 0 Å². The van der Waals surface area contributed by atoms with Gasteiger partial charge in [-0.15, -0.1) is 10.2 Å². The molecule has 0 heterocycles. The van der Waals surface area contributed by atoms with Crippen LogP contribution in [-0.4, -0.2) is 48.7 Å². The molecule has 0 radical (unpaired) electrons. The van der Waals surface area contributed by atoms with Crippen LogP contribution in [0.2, 0.25) is 0 Å². The molecule has 0 aliphatic rings. The van der Waals surface area contributed by atoms with E-state index < -0.39 is 61.3 Å². The van der Waals surface area contributed by atoms with Crippen molar-refractivity contribution in [1.29, 1.82) is 0 Å². The largest absolute Gasteiger partial charge is 1.00 e. The van der Waals surface area contributed by atoms with Gasteiger partial charge >= 0.3 is 88.7 Å². The molecule has 18 nitrogen and oxygen atoms in total. The molecule has 0 aliphatic carbocycles. The average molecular weight is 821 g/mol. The predicted octanol–water partition coefficient (Wildman–Crippen LogP) is -3.43. The number of nitrogens with two attached hydrogens (primary N) is 1. The zero-order chi connectivity index (χ0) is 37.3. The topological polar surface area (TPSA) is 304 Å². The summed E-state index contributed by atoms with van der Waals surface area (Å²) in [6.45, 7) is 0. The Hall–Kier alpha value is -2.97. The molecule has 0 unspecified atom stereocenters. The predicted molar refractivity (Wildman–Crippen MR) is 177 cm³/mol. The number of nitro benzene ring substituents is 1. The molecule has 0 bridgehead atoms. The van der Waals surface area contributed by atoms with Crippen molar-refractivity contribution in [1.82, 2.24) is 0 Å². The molecule has 0 saturated heterocycles. The molecule has 0 amide bonds. The van der Waals surface area contributed by atoms with Crippen molar-refractivity contribution in [3.63, 3.8) is 0 Å². The number of azo groups is 2. The van der Waals surface area contributed by atoms with Crippen molar-refractivity contribution in [3.05, 3.63) is 117 Å². The summed E-state index contributed by atoms with van der Waals surface area (Å²) in [5, 5.41) is 36.4. The van der Waals surface area contributed by atoms with Gasteiger partial charge in [0, 0.05) is 40.2 Å². The smallest absolute Gasteiger partial charge is 0.744 e. The number of anilines is 1. The van der Waals surface area contributed by atoms with Gasteiger partial charge in [-0.1, -0.05) is 41.3 Å². The van der Waals surface area contributed by atoms with E-state index in [0.29, 0.717) is 17.5 Å². The first kappa shape index (κ1) is 47.2. The van der Waals surface area contributed by atoms with Gasteiger partial charge in [0.2, 0.25) is 5.69 Å². The number of nitro groups is 1. The van der Waals surface area contributed by atoms with Crippen molar-refractivity contribution in [2.75, 3.05) is 5.73 Å². The summed E-state index contributed by atoms with van der Waals surface area (Å²) in [7, 11) is -15.2. The molecule has 0 spiro atoms. The molecule has 0 aliphatic heterocycles. The number of nitrogens with zero attached hydrogens (tertiary/aromatic N) is 5. The zero-order valence-corrected chi connectivity index (χ0v) is 36.7. The molecular weight excluding hydrogens is 802 g/mol. The van der Waals surface area contributed by atoms with Gasteiger partial charge in [0.15, 0.2) is 0 Å². The van der Waals surface area contributed by atoms with E-state index in [2.05, 4.69) is 15.3 Å². The van der Waals surface area contributed by atoms with E-state index in [1.54, 1.807) is 6.07 Å². The summed E-state index contributed by atoms with van der Waals surface area (Å²) in [4.78, 5) is 7.79. The van der Waals surface area contributed by atoms with Gasteiger partial charge in [-0.25, -0.2) is 25.3 Å². The first-order valence-corrected chi connectivity index (χ1v) is 18.1. The molecule has 262 valence electrons. The van der Waals surface area contributed by atoms with Crippen LogP contribution >= 0.6 is 0 Å². The Morgan fingerprint density at radius 3 is 1.61 bits per heavy atom. The number of benzene rings is 5. The van der Waals surface area contributed by atoms with Crippen LogP contribution in [0.15, 0.2) is 121 Å². The van der Waals surface area contributed by atoms with E-state index in [1.165, 1.54) is 48.5 Å². The second-order valence-corrected chi connectivity index (χ2v) is 14.4. The number of nitrogen functional groups attached to an aromatic ring is 1. The van der Waals surface area contributed by atoms with Crippen LogP contribution in [-0.2, 0) is 30.4 Å².